The first-order chi connectivity index (χ1) is 9.06. The fraction of sp³-hybridized carbons (Fsp3) is 0.357. The summed E-state index contributed by atoms with van der Waals surface area (Å²) in [5, 5.41) is 0. The molecule has 1 atom stereocenters. The van der Waals surface area contributed by atoms with Crippen LogP contribution in [0.1, 0.15) is 17.4 Å². The molecule has 0 aliphatic heterocycles. The Labute approximate surface area is 123 Å². The average Bonchev–Trinajstić information content (AvgIpc) is 2.74. The van der Waals surface area contributed by atoms with Crippen LogP contribution in [0.4, 0.5) is 5.82 Å². The zero-order chi connectivity index (χ0) is 13.8. The number of thiophene rings is 1. The second kappa shape index (κ2) is 6.37. The zero-order valence-electron chi connectivity index (χ0n) is 11.1. The minimum atomic E-state index is 0.132. The van der Waals surface area contributed by atoms with Crippen LogP contribution in [0.25, 0.3) is 0 Å². The van der Waals surface area contributed by atoms with Gasteiger partial charge in [-0.3, -0.25) is 0 Å². The molecule has 0 saturated heterocycles. The van der Waals surface area contributed by atoms with Gasteiger partial charge in [0.25, 0.3) is 0 Å². The van der Waals surface area contributed by atoms with Crippen molar-refractivity contribution in [2.24, 2.45) is 5.73 Å². The van der Waals surface area contributed by atoms with Crippen molar-refractivity contribution in [2.75, 3.05) is 11.9 Å². The van der Waals surface area contributed by atoms with E-state index in [1.54, 1.807) is 11.3 Å². The third-order valence-corrected chi connectivity index (χ3v) is 4.01. The maximum Gasteiger partial charge on any atom is 0.131 e. The topological polar surface area (TPSA) is 42.1 Å². The van der Waals surface area contributed by atoms with Crippen LogP contribution in [0.5, 0.6) is 0 Å². The van der Waals surface area contributed by atoms with Crippen molar-refractivity contribution in [3.8, 4) is 0 Å². The van der Waals surface area contributed by atoms with Crippen molar-refractivity contribution in [1.82, 2.24) is 4.98 Å². The van der Waals surface area contributed by atoms with E-state index in [0.717, 1.165) is 23.1 Å². The quantitative estimate of drug-likeness (QED) is 0.920. The van der Waals surface area contributed by atoms with Crippen molar-refractivity contribution in [3.05, 3.63) is 45.2 Å². The highest BCUT2D eigenvalue weighted by Gasteiger charge is 2.11. The van der Waals surface area contributed by atoms with Gasteiger partial charge in [-0.2, -0.15) is 0 Å². The van der Waals surface area contributed by atoms with Crippen molar-refractivity contribution >= 4 is 28.8 Å². The molecule has 0 aliphatic carbocycles. The summed E-state index contributed by atoms with van der Waals surface area (Å²) in [6.45, 7) is 2.82. The highest BCUT2D eigenvalue weighted by atomic mass is 35.5. The molecule has 0 radical (unpaired) electrons. The Hall–Kier alpha value is -1.10. The molecule has 0 bridgehead atoms. The summed E-state index contributed by atoms with van der Waals surface area (Å²) in [7, 11) is 2.04. The summed E-state index contributed by atoms with van der Waals surface area (Å²) >= 11 is 7.56. The second-order valence-corrected chi connectivity index (χ2v) is 6.53. The average molecular weight is 296 g/mol. The van der Waals surface area contributed by atoms with Crippen LogP contribution in [0.15, 0.2) is 30.5 Å². The SMILES string of the molecule is CC(N)Cc1cccnc1N(C)Cc1ccc(Cl)s1. The number of aromatic nitrogens is 1. The Kier molecular flexibility index (Phi) is 4.80. The molecule has 0 fully saturated rings. The molecule has 0 amide bonds. The fourth-order valence-electron chi connectivity index (χ4n) is 2.03. The minimum absolute atomic E-state index is 0.132. The van der Waals surface area contributed by atoms with Gasteiger partial charge in [-0.25, -0.2) is 4.98 Å². The lowest BCUT2D eigenvalue weighted by atomic mass is 10.1. The standard InChI is InChI=1S/C14H18ClN3S/c1-10(16)8-11-4-3-7-17-14(11)18(2)9-12-5-6-13(15)19-12/h3-7,10H,8-9,16H2,1-2H3. The van der Waals surface area contributed by atoms with Crippen LogP contribution >= 0.6 is 22.9 Å². The molecular formula is C14H18ClN3S. The molecule has 2 aromatic heterocycles. The Morgan fingerprint density at radius 2 is 2.21 bits per heavy atom. The lowest BCUT2D eigenvalue weighted by Gasteiger charge is -2.21. The van der Waals surface area contributed by atoms with Crippen molar-refractivity contribution in [1.29, 1.82) is 0 Å². The van der Waals surface area contributed by atoms with Crippen LogP contribution in [-0.2, 0) is 13.0 Å². The number of hydrogen-bond acceptors (Lipinski definition) is 4. The highest BCUT2D eigenvalue weighted by molar-refractivity contribution is 7.16. The largest absolute Gasteiger partial charge is 0.354 e. The summed E-state index contributed by atoms with van der Waals surface area (Å²) in [5.74, 6) is 0.990. The van der Waals surface area contributed by atoms with E-state index < -0.39 is 0 Å². The Morgan fingerprint density at radius 1 is 1.42 bits per heavy atom. The van der Waals surface area contributed by atoms with E-state index in [1.165, 1.54) is 10.4 Å². The van der Waals surface area contributed by atoms with Gasteiger partial charge >= 0.3 is 0 Å². The third kappa shape index (κ3) is 3.93. The molecule has 0 aromatic carbocycles. The van der Waals surface area contributed by atoms with Crippen LogP contribution in [-0.4, -0.2) is 18.1 Å². The highest BCUT2D eigenvalue weighted by Crippen LogP contribution is 2.25. The first-order valence-corrected chi connectivity index (χ1v) is 7.40. The van der Waals surface area contributed by atoms with Crippen LogP contribution in [0.3, 0.4) is 0 Å². The molecule has 0 spiro atoms. The maximum absolute atomic E-state index is 5.96. The molecule has 102 valence electrons. The van der Waals surface area contributed by atoms with Gasteiger partial charge in [-0.05, 0) is 37.1 Å². The van der Waals surface area contributed by atoms with Crippen molar-refractivity contribution in [3.63, 3.8) is 0 Å². The van der Waals surface area contributed by atoms with Crippen LogP contribution in [0, 0.1) is 0 Å². The predicted molar refractivity (Wildman–Crippen MR) is 83.0 cm³/mol. The van der Waals surface area contributed by atoms with Gasteiger partial charge in [0.05, 0.1) is 10.9 Å². The smallest absolute Gasteiger partial charge is 0.131 e. The van der Waals surface area contributed by atoms with E-state index >= 15 is 0 Å². The number of hydrogen-bond donors (Lipinski definition) is 1. The Morgan fingerprint density at radius 3 is 2.84 bits per heavy atom. The summed E-state index contributed by atoms with van der Waals surface area (Å²) in [6.07, 6.45) is 2.65. The molecule has 3 nitrogen and oxygen atoms in total. The van der Waals surface area contributed by atoms with E-state index in [0.29, 0.717) is 0 Å². The molecule has 0 aliphatic rings. The fourth-order valence-corrected chi connectivity index (χ4v) is 3.17. The van der Waals surface area contributed by atoms with Gasteiger partial charge in [0, 0.05) is 24.2 Å². The van der Waals surface area contributed by atoms with Gasteiger partial charge in [-0.1, -0.05) is 17.7 Å². The molecular weight excluding hydrogens is 278 g/mol. The number of nitrogens with zero attached hydrogens (tertiary/aromatic N) is 2. The van der Waals surface area contributed by atoms with Crippen LogP contribution < -0.4 is 10.6 Å². The molecule has 2 aromatic rings. The van der Waals surface area contributed by atoms with Crippen molar-refractivity contribution in [2.45, 2.75) is 25.9 Å². The molecule has 19 heavy (non-hydrogen) atoms. The van der Waals surface area contributed by atoms with E-state index in [1.807, 2.05) is 32.3 Å². The molecule has 5 heteroatoms. The van der Waals surface area contributed by atoms with E-state index in [4.69, 9.17) is 17.3 Å². The molecule has 0 saturated carbocycles. The Balaban J connectivity index is 2.16. The lowest BCUT2D eigenvalue weighted by molar-refractivity contribution is 0.730. The zero-order valence-corrected chi connectivity index (χ0v) is 12.7. The number of rotatable bonds is 5. The van der Waals surface area contributed by atoms with Crippen molar-refractivity contribution < 1.29 is 0 Å². The second-order valence-electron chi connectivity index (χ2n) is 4.73. The lowest BCUT2D eigenvalue weighted by Crippen LogP contribution is -2.23. The van der Waals surface area contributed by atoms with E-state index in [9.17, 15) is 0 Å². The normalized spacial score (nSPS) is 12.4. The summed E-state index contributed by atoms with van der Waals surface area (Å²) in [4.78, 5) is 7.84. The number of anilines is 1. The first-order valence-electron chi connectivity index (χ1n) is 6.21. The van der Waals surface area contributed by atoms with E-state index in [-0.39, 0.29) is 6.04 Å². The predicted octanol–water partition coefficient (Wildman–Crippen LogP) is 3.32. The van der Waals surface area contributed by atoms with Gasteiger partial charge < -0.3 is 10.6 Å². The van der Waals surface area contributed by atoms with Gasteiger partial charge in [-0.15, -0.1) is 11.3 Å². The summed E-state index contributed by atoms with van der Waals surface area (Å²) in [6, 6.07) is 8.15. The number of nitrogens with two attached hydrogens (primary N) is 1. The first kappa shape index (κ1) is 14.3. The number of halogens is 1. The maximum atomic E-state index is 5.96. The summed E-state index contributed by atoms with van der Waals surface area (Å²) in [5.41, 5.74) is 7.07. The number of pyridine rings is 1. The molecule has 2 rings (SSSR count). The molecule has 2 N–H and O–H groups in total. The Bertz CT molecular complexity index is 539. The minimum Gasteiger partial charge on any atom is -0.354 e. The van der Waals surface area contributed by atoms with Gasteiger partial charge in [0.15, 0.2) is 0 Å². The monoisotopic (exact) mass is 295 g/mol. The van der Waals surface area contributed by atoms with E-state index in [2.05, 4.69) is 22.0 Å². The molecule has 2 heterocycles. The summed E-state index contributed by atoms with van der Waals surface area (Å²) < 4.78 is 0.820. The molecule has 1 unspecified atom stereocenters. The third-order valence-electron chi connectivity index (χ3n) is 2.79. The van der Waals surface area contributed by atoms with Crippen LogP contribution in [0.2, 0.25) is 4.34 Å². The van der Waals surface area contributed by atoms with Gasteiger partial charge in [0.2, 0.25) is 0 Å². The van der Waals surface area contributed by atoms with Gasteiger partial charge in [0.1, 0.15) is 5.82 Å².